The molecule has 0 aromatic heterocycles. The second-order valence-corrected chi connectivity index (χ2v) is 5.25. The van der Waals surface area contributed by atoms with Crippen molar-refractivity contribution in [3.8, 4) is 0 Å². The molecule has 2 N–H and O–H groups in total. The van der Waals surface area contributed by atoms with Crippen molar-refractivity contribution in [2.75, 3.05) is 11.9 Å². The van der Waals surface area contributed by atoms with Gasteiger partial charge in [-0.1, -0.05) is 33.8 Å². The van der Waals surface area contributed by atoms with Gasteiger partial charge in [-0.15, -0.1) is 0 Å². The minimum Gasteiger partial charge on any atom is -0.326 e. The van der Waals surface area contributed by atoms with Gasteiger partial charge >= 0.3 is 6.18 Å². The predicted octanol–water partition coefficient (Wildman–Crippen LogP) is 5.80. The zero-order valence-corrected chi connectivity index (χ0v) is 16.8. The highest BCUT2D eigenvalue weighted by Gasteiger charge is 2.30. The topological polar surface area (TPSA) is 46.3 Å². The molecule has 2 aromatic carbocycles. The molecular weight excluding hydrogens is 353 g/mol. The van der Waals surface area contributed by atoms with Crippen molar-refractivity contribution in [1.82, 2.24) is 0 Å². The van der Waals surface area contributed by atoms with E-state index < -0.39 is 11.7 Å². The van der Waals surface area contributed by atoms with Crippen molar-refractivity contribution >= 4 is 11.6 Å². The zero-order chi connectivity index (χ0) is 21.2. The molecule has 6 heteroatoms. The maximum atomic E-state index is 12.6. The summed E-state index contributed by atoms with van der Waals surface area (Å²) in [5.74, 6) is -0.295. The van der Waals surface area contributed by atoms with Gasteiger partial charge in [-0.2, -0.15) is 13.2 Å². The third-order valence-electron chi connectivity index (χ3n) is 3.70. The minimum absolute atomic E-state index is 0.295. The van der Waals surface area contributed by atoms with E-state index in [4.69, 9.17) is 5.73 Å². The lowest BCUT2D eigenvalue weighted by molar-refractivity contribution is -0.137. The number of alkyl halides is 3. The van der Waals surface area contributed by atoms with E-state index in [1.807, 2.05) is 34.6 Å². The van der Waals surface area contributed by atoms with Gasteiger partial charge in [0.1, 0.15) is 0 Å². The monoisotopic (exact) mass is 382 g/mol. The van der Waals surface area contributed by atoms with Gasteiger partial charge in [0.25, 0.3) is 5.91 Å². The first kappa shape index (κ1) is 24.7. The minimum atomic E-state index is -4.39. The number of rotatable bonds is 3. The molecule has 2 aromatic rings. The average molecular weight is 382 g/mol. The Morgan fingerprint density at radius 1 is 1.00 bits per heavy atom. The highest BCUT2D eigenvalue weighted by molar-refractivity contribution is 6.05. The number of amides is 1. The van der Waals surface area contributed by atoms with Crippen molar-refractivity contribution in [1.29, 1.82) is 0 Å². The van der Waals surface area contributed by atoms with E-state index >= 15 is 0 Å². The molecule has 27 heavy (non-hydrogen) atoms. The smallest absolute Gasteiger partial charge is 0.326 e. The fourth-order valence-electron chi connectivity index (χ4n) is 2.24. The van der Waals surface area contributed by atoms with Crippen molar-refractivity contribution in [3.05, 3.63) is 64.7 Å². The molecule has 0 fully saturated rings. The summed E-state index contributed by atoms with van der Waals surface area (Å²) >= 11 is 0. The summed E-state index contributed by atoms with van der Waals surface area (Å²) in [5.41, 5.74) is 7.54. The van der Waals surface area contributed by atoms with Crippen LogP contribution in [0.4, 0.5) is 18.9 Å². The molecule has 0 aliphatic carbocycles. The van der Waals surface area contributed by atoms with Crippen LogP contribution in [0.25, 0.3) is 0 Å². The second-order valence-electron chi connectivity index (χ2n) is 5.25. The van der Waals surface area contributed by atoms with Gasteiger partial charge in [-0.25, -0.2) is 0 Å². The summed E-state index contributed by atoms with van der Waals surface area (Å²) in [6.07, 6.45) is -4.39. The number of hydrogen-bond donors (Lipinski definition) is 1. The number of carbonyl (C=O) groups is 1. The number of carbonyl (C=O) groups excluding carboxylic acids is 1. The lowest BCUT2D eigenvalue weighted by atomic mass is 10.0. The van der Waals surface area contributed by atoms with Crippen LogP contribution in [0.15, 0.2) is 42.5 Å². The van der Waals surface area contributed by atoms with Crippen LogP contribution in [-0.2, 0) is 12.7 Å². The number of anilines is 1. The Balaban J connectivity index is 0.00000158. The van der Waals surface area contributed by atoms with Crippen molar-refractivity contribution < 1.29 is 18.0 Å². The molecule has 0 saturated heterocycles. The van der Waals surface area contributed by atoms with Gasteiger partial charge in [0.2, 0.25) is 0 Å². The summed E-state index contributed by atoms with van der Waals surface area (Å²) in [4.78, 5) is 13.8. The second kappa shape index (κ2) is 11.4. The van der Waals surface area contributed by atoms with Crippen LogP contribution in [0.1, 0.15) is 54.7 Å². The summed E-state index contributed by atoms with van der Waals surface area (Å²) in [7, 11) is 1.52. The van der Waals surface area contributed by atoms with Crippen molar-refractivity contribution in [3.63, 3.8) is 0 Å². The van der Waals surface area contributed by atoms with Crippen LogP contribution in [0, 0.1) is 6.92 Å². The third-order valence-corrected chi connectivity index (χ3v) is 3.70. The van der Waals surface area contributed by atoms with Crippen molar-refractivity contribution in [2.45, 2.75) is 47.3 Å². The summed E-state index contributed by atoms with van der Waals surface area (Å²) < 4.78 is 37.7. The van der Waals surface area contributed by atoms with Gasteiger partial charge in [0.15, 0.2) is 0 Å². The van der Waals surface area contributed by atoms with Crippen LogP contribution < -0.4 is 10.6 Å². The van der Waals surface area contributed by atoms with Crippen LogP contribution in [-0.4, -0.2) is 13.0 Å². The quantitative estimate of drug-likeness (QED) is 0.729. The number of aryl methyl sites for hydroxylation is 1. The summed E-state index contributed by atoms with van der Waals surface area (Å²) in [5, 5.41) is 0. The van der Waals surface area contributed by atoms with Gasteiger partial charge in [0, 0.05) is 24.8 Å². The van der Waals surface area contributed by atoms with Crippen LogP contribution in [0.2, 0.25) is 0 Å². The zero-order valence-electron chi connectivity index (χ0n) is 16.8. The Labute approximate surface area is 160 Å². The first-order chi connectivity index (χ1) is 12.7. The maximum Gasteiger partial charge on any atom is 0.416 e. The van der Waals surface area contributed by atoms with Crippen LogP contribution in [0.5, 0.6) is 0 Å². The van der Waals surface area contributed by atoms with Gasteiger partial charge in [-0.05, 0) is 54.4 Å². The normalized spacial score (nSPS) is 10.1. The van der Waals surface area contributed by atoms with Gasteiger partial charge < -0.3 is 10.6 Å². The Morgan fingerprint density at radius 2 is 1.52 bits per heavy atom. The molecule has 1 amide bonds. The Kier molecular flexibility index (Phi) is 10.4. The lowest BCUT2D eigenvalue weighted by Gasteiger charge is -2.19. The standard InChI is InChI=1S/C17H17F3N2O.2C2H6/c1-11-9-12(3-4-13(11)10-21)16(23)22(2)15-7-5-14(6-8-15)17(18,19)20;2*1-2/h3-9H,10,21H2,1-2H3;2*1-2H3. The molecule has 0 aliphatic rings. The first-order valence-electron chi connectivity index (χ1n) is 8.99. The maximum absolute atomic E-state index is 12.6. The van der Waals surface area contributed by atoms with E-state index in [1.165, 1.54) is 24.1 Å². The van der Waals surface area contributed by atoms with Crippen LogP contribution >= 0.6 is 0 Å². The Bertz CT molecular complexity index is 710. The SMILES string of the molecule is CC.CC.Cc1cc(C(=O)N(C)c2ccc(C(F)(F)F)cc2)ccc1CN. The predicted molar refractivity (Wildman–Crippen MR) is 106 cm³/mol. The van der Waals surface area contributed by atoms with Gasteiger partial charge in [-0.3, -0.25) is 4.79 Å². The van der Waals surface area contributed by atoms with Crippen LogP contribution in [0.3, 0.4) is 0 Å². The third kappa shape index (κ3) is 6.71. The van der Waals surface area contributed by atoms with Gasteiger partial charge in [0.05, 0.1) is 5.56 Å². The molecule has 0 radical (unpaired) electrons. The molecular formula is C21H29F3N2O. The number of benzene rings is 2. The number of hydrogen-bond acceptors (Lipinski definition) is 2. The summed E-state index contributed by atoms with van der Waals surface area (Å²) in [6, 6.07) is 9.65. The first-order valence-corrected chi connectivity index (χ1v) is 8.99. The molecule has 0 saturated carbocycles. The fourth-order valence-corrected chi connectivity index (χ4v) is 2.24. The highest BCUT2D eigenvalue weighted by Crippen LogP contribution is 2.30. The van der Waals surface area contributed by atoms with E-state index in [2.05, 4.69) is 0 Å². The molecule has 0 spiro atoms. The number of nitrogens with zero attached hydrogens (tertiary/aromatic N) is 1. The molecule has 0 unspecified atom stereocenters. The number of halogens is 3. The fraction of sp³-hybridized carbons (Fsp3) is 0.381. The van der Waals surface area contributed by atoms with E-state index in [-0.39, 0.29) is 5.91 Å². The van der Waals surface area contributed by atoms with E-state index in [0.29, 0.717) is 17.8 Å². The molecule has 0 bridgehead atoms. The lowest BCUT2D eigenvalue weighted by Crippen LogP contribution is -2.26. The average Bonchev–Trinajstić information content (AvgIpc) is 2.69. The molecule has 3 nitrogen and oxygen atoms in total. The molecule has 0 heterocycles. The number of nitrogens with two attached hydrogens (primary N) is 1. The Morgan fingerprint density at radius 3 is 1.93 bits per heavy atom. The van der Waals surface area contributed by atoms with E-state index in [1.54, 1.807) is 18.2 Å². The van der Waals surface area contributed by atoms with E-state index in [9.17, 15) is 18.0 Å². The van der Waals surface area contributed by atoms with E-state index in [0.717, 1.165) is 23.3 Å². The highest BCUT2D eigenvalue weighted by atomic mass is 19.4. The summed E-state index contributed by atoms with van der Waals surface area (Å²) in [6.45, 7) is 10.2. The molecule has 0 aliphatic heterocycles. The molecule has 150 valence electrons. The van der Waals surface area contributed by atoms with Crippen molar-refractivity contribution in [2.24, 2.45) is 5.73 Å². The molecule has 2 rings (SSSR count). The molecule has 0 atom stereocenters. The largest absolute Gasteiger partial charge is 0.416 e. The Hall–Kier alpha value is -2.34.